The molecule has 2 N–H and O–H groups in total. The second-order valence-corrected chi connectivity index (χ2v) is 7.58. The molecule has 2 rings (SSSR count). The van der Waals surface area contributed by atoms with Gasteiger partial charge in [0.15, 0.2) is 0 Å². The molecule has 0 bridgehead atoms. The van der Waals surface area contributed by atoms with Gasteiger partial charge < -0.3 is 10.0 Å². The van der Waals surface area contributed by atoms with Gasteiger partial charge in [-0.1, -0.05) is 41.9 Å². The molecule has 8 heteroatoms. The number of rotatable bonds is 7. The summed E-state index contributed by atoms with van der Waals surface area (Å²) in [7, 11) is -2.41. The first-order chi connectivity index (χ1) is 11.9. The minimum atomic E-state index is -3.70. The van der Waals surface area contributed by atoms with Crippen molar-refractivity contribution in [1.82, 2.24) is 9.62 Å². The van der Waals surface area contributed by atoms with E-state index < -0.39 is 15.9 Å². The molecule has 0 heterocycles. The first-order valence-corrected chi connectivity index (χ1v) is 9.42. The zero-order valence-electron chi connectivity index (χ0n) is 13.6. The van der Waals surface area contributed by atoms with Gasteiger partial charge in [0, 0.05) is 13.1 Å². The molecule has 0 saturated heterocycles. The van der Waals surface area contributed by atoms with Crippen molar-refractivity contribution in [3.8, 4) is 0 Å². The molecule has 6 nitrogen and oxygen atoms in total. The Kier molecular flexibility index (Phi) is 6.55. The molecule has 2 aromatic carbocycles. The molecule has 0 spiro atoms. The maximum absolute atomic E-state index is 12.8. The van der Waals surface area contributed by atoms with Gasteiger partial charge in [-0.05, 0) is 30.8 Å². The molecule has 0 radical (unpaired) electrons. The minimum Gasteiger partial charge on any atom is -0.395 e. The highest BCUT2D eigenvalue weighted by Crippen LogP contribution is 2.22. The van der Waals surface area contributed by atoms with Crippen LogP contribution in [0, 0.1) is 0 Å². The van der Waals surface area contributed by atoms with E-state index in [4.69, 9.17) is 11.6 Å². The van der Waals surface area contributed by atoms with E-state index in [1.54, 1.807) is 0 Å². The highest BCUT2D eigenvalue weighted by Gasteiger charge is 2.21. The lowest BCUT2D eigenvalue weighted by Crippen LogP contribution is -2.33. The highest BCUT2D eigenvalue weighted by molar-refractivity contribution is 7.89. The quantitative estimate of drug-likeness (QED) is 0.765. The van der Waals surface area contributed by atoms with Crippen molar-refractivity contribution in [2.24, 2.45) is 0 Å². The third kappa shape index (κ3) is 4.79. The van der Waals surface area contributed by atoms with Gasteiger partial charge >= 0.3 is 0 Å². The molecule has 0 unspecified atom stereocenters. The Bertz CT molecular complexity index is 841. The second kappa shape index (κ2) is 8.44. The monoisotopic (exact) mass is 382 g/mol. The number of halogens is 1. The Morgan fingerprint density at radius 1 is 1.20 bits per heavy atom. The first-order valence-electron chi connectivity index (χ1n) is 7.56. The van der Waals surface area contributed by atoms with E-state index in [1.807, 2.05) is 30.3 Å². The third-order valence-electron chi connectivity index (χ3n) is 3.62. The largest absolute Gasteiger partial charge is 0.395 e. The molecule has 25 heavy (non-hydrogen) atoms. The maximum Gasteiger partial charge on any atom is 0.255 e. The average Bonchev–Trinajstić information content (AvgIpc) is 2.62. The summed E-state index contributed by atoms with van der Waals surface area (Å²) in [5.41, 5.74) is 0.960. The van der Waals surface area contributed by atoms with Crippen molar-refractivity contribution in [2.75, 3.05) is 20.2 Å². The van der Waals surface area contributed by atoms with Gasteiger partial charge in [0.2, 0.25) is 10.0 Å². The van der Waals surface area contributed by atoms with Crippen LogP contribution in [0.15, 0.2) is 53.4 Å². The van der Waals surface area contributed by atoms with Gasteiger partial charge in [0.1, 0.15) is 0 Å². The van der Waals surface area contributed by atoms with Crippen LogP contribution in [-0.2, 0) is 16.6 Å². The van der Waals surface area contributed by atoms with Crippen LogP contribution in [-0.4, -0.2) is 44.5 Å². The third-order valence-corrected chi connectivity index (χ3v) is 5.36. The molecule has 0 aliphatic carbocycles. The van der Waals surface area contributed by atoms with Gasteiger partial charge in [0.05, 0.1) is 22.1 Å². The summed E-state index contributed by atoms with van der Waals surface area (Å²) in [6.07, 6.45) is 0. The van der Waals surface area contributed by atoms with E-state index in [0.29, 0.717) is 0 Å². The molecule has 0 fully saturated rings. The van der Waals surface area contributed by atoms with E-state index in [2.05, 4.69) is 4.72 Å². The summed E-state index contributed by atoms with van der Waals surface area (Å²) in [5.74, 6) is -0.448. The Morgan fingerprint density at radius 3 is 2.48 bits per heavy atom. The number of sulfonamides is 1. The normalized spacial score (nSPS) is 11.3. The van der Waals surface area contributed by atoms with Crippen LogP contribution in [0.5, 0.6) is 0 Å². The van der Waals surface area contributed by atoms with Crippen LogP contribution in [0.2, 0.25) is 5.02 Å². The predicted molar refractivity (Wildman–Crippen MR) is 96.0 cm³/mol. The Balaban J connectivity index is 2.37. The summed E-state index contributed by atoms with van der Waals surface area (Å²) < 4.78 is 26.1. The number of hydrogen-bond donors (Lipinski definition) is 2. The number of carbonyl (C=O) groups excluding carboxylic acids is 1. The number of aliphatic hydroxyl groups excluding tert-OH is 1. The summed E-state index contributed by atoms with van der Waals surface area (Å²) in [6, 6.07) is 13.2. The molecule has 0 aliphatic rings. The number of benzene rings is 2. The number of hydrogen-bond acceptors (Lipinski definition) is 4. The Hall–Kier alpha value is -1.93. The van der Waals surface area contributed by atoms with E-state index in [1.165, 1.54) is 30.1 Å². The Labute approximate surface area is 152 Å². The van der Waals surface area contributed by atoms with Gasteiger partial charge in [-0.3, -0.25) is 4.79 Å². The SMILES string of the molecule is CNS(=O)(=O)c1ccc(Cl)c(C(=O)N(CCO)Cc2ccccc2)c1. The summed E-state index contributed by atoms with van der Waals surface area (Å²) >= 11 is 6.11. The van der Waals surface area contributed by atoms with Crippen LogP contribution in [0.4, 0.5) is 0 Å². The van der Waals surface area contributed by atoms with Crippen molar-refractivity contribution >= 4 is 27.5 Å². The standard InChI is InChI=1S/C17H19ClN2O4S/c1-19-25(23,24)14-7-8-16(18)15(11-14)17(22)20(9-10-21)12-13-5-3-2-4-6-13/h2-8,11,19,21H,9-10,12H2,1H3. The van der Waals surface area contributed by atoms with Gasteiger partial charge in [0.25, 0.3) is 5.91 Å². The molecule has 2 aromatic rings. The molecule has 1 amide bonds. The number of aliphatic hydroxyl groups is 1. The topological polar surface area (TPSA) is 86.7 Å². The lowest BCUT2D eigenvalue weighted by atomic mass is 10.1. The minimum absolute atomic E-state index is 0.0496. The lowest BCUT2D eigenvalue weighted by Gasteiger charge is -2.23. The van der Waals surface area contributed by atoms with Crippen molar-refractivity contribution < 1.29 is 18.3 Å². The van der Waals surface area contributed by atoms with Crippen molar-refractivity contribution in [3.63, 3.8) is 0 Å². The van der Waals surface area contributed by atoms with Gasteiger partial charge in [-0.25, -0.2) is 13.1 Å². The first kappa shape index (κ1) is 19.4. The smallest absolute Gasteiger partial charge is 0.255 e. The summed E-state index contributed by atoms with van der Waals surface area (Å²) in [4.78, 5) is 14.2. The van der Waals surface area contributed by atoms with E-state index in [0.717, 1.165) is 5.56 Å². The second-order valence-electron chi connectivity index (χ2n) is 5.29. The molecule has 0 saturated carbocycles. The zero-order chi connectivity index (χ0) is 18.4. The zero-order valence-corrected chi connectivity index (χ0v) is 15.2. The van der Waals surface area contributed by atoms with Crippen LogP contribution >= 0.6 is 11.6 Å². The fraction of sp³-hybridized carbons (Fsp3) is 0.235. The van der Waals surface area contributed by atoms with Crippen molar-refractivity contribution in [1.29, 1.82) is 0 Å². The number of nitrogens with one attached hydrogen (secondary N) is 1. The van der Waals surface area contributed by atoms with E-state index in [9.17, 15) is 18.3 Å². The molecular weight excluding hydrogens is 364 g/mol. The van der Waals surface area contributed by atoms with Crippen LogP contribution < -0.4 is 4.72 Å². The van der Waals surface area contributed by atoms with Crippen molar-refractivity contribution in [2.45, 2.75) is 11.4 Å². The van der Waals surface area contributed by atoms with E-state index >= 15 is 0 Å². The molecule has 134 valence electrons. The number of amides is 1. The molecular formula is C17H19ClN2O4S. The lowest BCUT2D eigenvalue weighted by molar-refractivity contribution is 0.0707. The molecule has 0 atom stereocenters. The Morgan fingerprint density at radius 2 is 1.88 bits per heavy atom. The fourth-order valence-corrected chi connectivity index (χ4v) is 3.25. The van der Waals surface area contributed by atoms with Crippen LogP contribution in [0.25, 0.3) is 0 Å². The average molecular weight is 383 g/mol. The number of carbonyl (C=O) groups is 1. The van der Waals surface area contributed by atoms with E-state index in [-0.39, 0.29) is 35.2 Å². The van der Waals surface area contributed by atoms with Crippen LogP contribution in [0.1, 0.15) is 15.9 Å². The van der Waals surface area contributed by atoms with Crippen LogP contribution in [0.3, 0.4) is 0 Å². The maximum atomic E-state index is 12.8. The predicted octanol–water partition coefficient (Wildman–Crippen LogP) is 1.88. The fourth-order valence-electron chi connectivity index (χ4n) is 2.30. The van der Waals surface area contributed by atoms with Gasteiger partial charge in [-0.2, -0.15) is 0 Å². The molecule has 0 aliphatic heterocycles. The number of nitrogens with zero attached hydrogens (tertiary/aromatic N) is 1. The summed E-state index contributed by atoms with van der Waals surface area (Å²) in [5, 5.41) is 9.42. The highest BCUT2D eigenvalue weighted by atomic mass is 35.5. The summed E-state index contributed by atoms with van der Waals surface area (Å²) in [6.45, 7) is 0.164. The van der Waals surface area contributed by atoms with Crippen molar-refractivity contribution in [3.05, 3.63) is 64.7 Å². The van der Waals surface area contributed by atoms with Gasteiger partial charge in [-0.15, -0.1) is 0 Å². The molecule has 0 aromatic heterocycles.